The molecule has 0 aliphatic rings. The van der Waals surface area contributed by atoms with E-state index in [1.807, 2.05) is 0 Å². The Morgan fingerprint density at radius 1 is 0.630 bits per heavy atom. The van der Waals surface area contributed by atoms with Crippen LogP contribution in [0.4, 0.5) is 0 Å². The minimum Gasteiger partial charge on any atom is -0.478 e. The van der Waals surface area contributed by atoms with Crippen molar-refractivity contribution in [2.45, 2.75) is 0 Å². The molecule has 11 heteroatoms. The molecule has 0 unspecified atom stereocenters. The van der Waals surface area contributed by atoms with Gasteiger partial charge in [0.25, 0.3) is 19.5 Å². The maximum Gasteiger partial charge on any atom is 0.336 e. The van der Waals surface area contributed by atoms with E-state index in [2.05, 4.69) is 0 Å². The van der Waals surface area contributed by atoms with Crippen molar-refractivity contribution in [1.29, 1.82) is 0 Å². The molecule has 136 valence electrons. The van der Waals surface area contributed by atoms with Crippen molar-refractivity contribution >= 4 is 53.8 Å². The van der Waals surface area contributed by atoms with Gasteiger partial charge in [0.15, 0.2) is 0 Å². The molecule has 2 aromatic rings. The normalized spacial score (nSPS) is 10.4. The Hall–Kier alpha value is -3.29. The number of rotatable bonds is 8. The minimum atomic E-state index is -1.43. The number of hydrogen-bond donors (Lipinski definition) is 4. The number of carboxylic acid groups (broad SMARTS) is 4. The Labute approximate surface area is 156 Å². The van der Waals surface area contributed by atoms with E-state index < -0.39 is 65.7 Å². The van der Waals surface area contributed by atoms with Crippen LogP contribution in [0.1, 0.15) is 41.4 Å². The molecule has 0 bridgehead atoms. The van der Waals surface area contributed by atoms with Crippen LogP contribution >= 0.6 is 0 Å². The smallest absolute Gasteiger partial charge is 0.336 e. The summed E-state index contributed by atoms with van der Waals surface area (Å²) in [6.45, 7) is 0. The van der Waals surface area contributed by atoms with Crippen LogP contribution in [-0.4, -0.2) is 63.8 Å². The van der Waals surface area contributed by atoms with E-state index in [0.717, 1.165) is 12.1 Å². The van der Waals surface area contributed by atoms with Crippen LogP contribution in [-0.2, 0) is 4.12 Å². The van der Waals surface area contributed by atoms with Crippen LogP contribution in [0, 0.1) is 0 Å². The summed E-state index contributed by atoms with van der Waals surface area (Å²) in [5.74, 6) is -5.66. The number of carbonyl (C=O) groups is 4. The van der Waals surface area contributed by atoms with Gasteiger partial charge in [0.1, 0.15) is 0 Å². The van der Waals surface area contributed by atoms with Gasteiger partial charge < -0.3 is 24.5 Å². The SMILES string of the molecule is O=C(O)c1cccc([Si]O[Si]c2cccc(C(=O)O)c2C(=O)O)c1C(=O)O. The van der Waals surface area contributed by atoms with Crippen molar-refractivity contribution in [3.63, 3.8) is 0 Å². The first kappa shape index (κ1) is 20.0. The van der Waals surface area contributed by atoms with E-state index in [9.17, 15) is 29.4 Å². The molecule has 2 rings (SSSR count). The first-order chi connectivity index (χ1) is 12.7. The number of benzene rings is 2. The molecule has 9 nitrogen and oxygen atoms in total. The molecule has 0 saturated heterocycles. The zero-order chi connectivity index (χ0) is 20.1. The lowest BCUT2D eigenvalue weighted by molar-refractivity contribution is 0.0652. The highest BCUT2D eigenvalue weighted by molar-refractivity contribution is 6.62. The standard InChI is InChI=1S/C16H10O9Si2/c17-13(18)7-3-1-5-9(11(7)15(21)22)26-25-27-10-6-2-4-8(14(19)20)12(10)16(23)24/h1-6H,(H,17,18)(H,19,20)(H,21,22)(H,23,24). The first-order valence-electron chi connectivity index (χ1n) is 7.11. The molecule has 0 aliphatic heterocycles. The second kappa shape index (κ2) is 8.40. The van der Waals surface area contributed by atoms with Gasteiger partial charge in [0.2, 0.25) is 0 Å². The number of aromatic carboxylic acids is 4. The molecule has 0 spiro atoms. The third-order valence-electron chi connectivity index (χ3n) is 3.34. The van der Waals surface area contributed by atoms with Gasteiger partial charge in [-0.15, -0.1) is 0 Å². The lowest BCUT2D eigenvalue weighted by atomic mass is 10.1. The highest BCUT2D eigenvalue weighted by Gasteiger charge is 2.23. The Kier molecular flexibility index (Phi) is 6.23. The summed E-state index contributed by atoms with van der Waals surface area (Å²) in [5.41, 5.74) is -1.60. The summed E-state index contributed by atoms with van der Waals surface area (Å²) < 4.78 is 5.40. The van der Waals surface area contributed by atoms with E-state index in [-0.39, 0.29) is 10.4 Å². The third-order valence-corrected chi connectivity index (χ3v) is 5.43. The van der Waals surface area contributed by atoms with E-state index in [4.69, 9.17) is 14.3 Å². The second-order valence-electron chi connectivity index (χ2n) is 4.98. The Bertz CT molecular complexity index is 864. The summed E-state index contributed by atoms with van der Waals surface area (Å²) in [4.78, 5) is 45.1. The molecule has 27 heavy (non-hydrogen) atoms. The molecule has 4 N–H and O–H groups in total. The zero-order valence-corrected chi connectivity index (χ0v) is 15.3. The summed E-state index contributed by atoms with van der Waals surface area (Å²) in [6.07, 6.45) is 0. The largest absolute Gasteiger partial charge is 0.478 e. The highest BCUT2D eigenvalue weighted by atomic mass is 28.3. The third kappa shape index (κ3) is 4.47. The van der Waals surface area contributed by atoms with Crippen molar-refractivity contribution in [3.05, 3.63) is 58.7 Å². The molecular formula is C16H10O9Si2. The van der Waals surface area contributed by atoms with E-state index in [0.29, 0.717) is 0 Å². The van der Waals surface area contributed by atoms with Crippen molar-refractivity contribution < 1.29 is 43.7 Å². The van der Waals surface area contributed by atoms with Crippen LogP contribution in [0.2, 0.25) is 0 Å². The van der Waals surface area contributed by atoms with Crippen LogP contribution in [0.3, 0.4) is 0 Å². The van der Waals surface area contributed by atoms with Crippen molar-refractivity contribution in [3.8, 4) is 0 Å². The average molecular weight is 402 g/mol. The summed E-state index contributed by atoms with van der Waals surface area (Å²) in [7, 11) is -1.16. The van der Waals surface area contributed by atoms with Crippen molar-refractivity contribution in [2.75, 3.05) is 0 Å². The van der Waals surface area contributed by atoms with Crippen LogP contribution < -0.4 is 10.4 Å². The molecule has 2 aromatic carbocycles. The molecule has 0 saturated carbocycles. The maximum atomic E-state index is 11.4. The molecule has 0 aromatic heterocycles. The minimum absolute atomic E-state index is 0.126. The van der Waals surface area contributed by atoms with Gasteiger partial charge in [-0.1, -0.05) is 24.3 Å². The monoisotopic (exact) mass is 402 g/mol. The van der Waals surface area contributed by atoms with E-state index >= 15 is 0 Å². The molecule has 4 radical (unpaired) electrons. The van der Waals surface area contributed by atoms with Crippen LogP contribution in [0.5, 0.6) is 0 Å². The van der Waals surface area contributed by atoms with Crippen LogP contribution in [0.15, 0.2) is 36.4 Å². The van der Waals surface area contributed by atoms with E-state index in [1.54, 1.807) is 0 Å². The molecular weight excluding hydrogens is 392 g/mol. The number of hydrogen-bond acceptors (Lipinski definition) is 5. The fraction of sp³-hybridized carbons (Fsp3) is 0. The highest BCUT2D eigenvalue weighted by Crippen LogP contribution is 2.08. The van der Waals surface area contributed by atoms with E-state index in [1.165, 1.54) is 24.3 Å². The fourth-order valence-corrected chi connectivity index (χ4v) is 4.33. The second-order valence-corrected chi connectivity index (χ2v) is 7.29. The fourth-order valence-electron chi connectivity index (χ4n) is 2.23. The van der Waals surface area contributed by atoms with Gasteiger partial charge in [-0.25, -0.2) is 19.2 Å². The zero-order valence-electron chi connectivity index (χ0n) is 13.3. The maximum absolute atomic E-state index is 11.4. The molecule has 0 fully saturated rings. The van der Waals surface area contributed by atoms with Crippen molar-refractivity contribution in [1.82, 2.24) is 0 Å². The summed E-state index contributed by atoms with van der Waals surface area (Å²) in [5, 5.41) is 37.0. The van der Waals surface area contributed by atoms with Gasteiger partial charge in [0, 0.05) is 0 Å². The van der Waals surface area contributed by atoms with Gasteiger partial charge in [-0.05, 0) is 22.5 Å². The summed E-state index contributed by atoms with van der Waals surface area (Å²) in [6, 6.07) is 7.84. The topological polar surface area (TPSA) is 158 Å². The van der Waals surface area contributed by atoms with Gasteiger partial charge >= 0.3 is 23.9 Å². The Balaban J connectivity index is 2.28. The van der Waals surface area contributed by atoms with Crippen LogP contribution in [0.25, 0.3) is 0 Å². The van der Waals surface area contributed by atoms with Gasteiger partial charge in [-0.3, -0.25) is 0 Å². The Morgan fingerprint density at radius 2 is 1.00 bits per heavy atom. The quantitative estimate of drug-likeness (QED) is 0.434. The molecule has 0 aliphatic carbocycles. The Morgan fingerprint density at radius 3 is 1.30 bits per heavy atom. The first-order valence-corrected chi connectivity index (χ1v) is 8.92. The average Bonchev–Trinajstić information content (AvgIpc) is 2.60. The number of carboxylic acids is 4. The molecule has 0 heterocycles. The van der Waals surface area contributed by atoms with Gasteiger partial charge in [0.05, 0.1) is 22.3 Å². The molecule has 0 atom stereocenters. The lowest BCUT2D eigenvalue weighted by Crippen LogP contribution is -2.33. The predicted molar refractivity (Wildman–Crippen MR) is 92.6 cm³/mol. The molecule has 0 amide bonds. The lowest BCUT2D eigenvalue weighted by Gasteiger charge is -2.10. The van der Waals surface area contributed by atoms with Gasteiger partial charge in [-0.2, -0.15) is 0 Å². The van der Waals surface area contributed by atoms with Crippen molar-refractivity contribution in [2.24, 2.45) is 0 Å². The summed E-state index contributed by atoms with van der Waals surface area (Å²) >= 11 is 0. The predicted octanol–water partition coefficient (Wildman–Crippen LogP) is -0.315.